The van der Waals surface area contributed by atoms with E-state index in [2.05, 4.69) is 15.2 Å². The van der Waals surface area contributed by atoms with Crippen LogP contribution in [-0.4, -0.2) is 25.8 Å². The number of hydrogen-bond donors (Lipinski definition) is 1. The summed E-state index contributed by atoms with van der Waals surface area (Å²) in [6.45, 7) is 3.08. The van der Waals surface area contributed by atoms with Gasteiger partial charge >= 0.3 is 12.4 Å². The highest BCUT2D eigenvalue weighted by Gasteiger charge is 2.37. The Morgan fingerprint density at radius 2 is 1.65 bits per heavy atom. The summed E-state index contributed by atoms with van der Waals surface area (Å²) >= 11 is 0. The van der Waals surface area contributed by atoms with E-state index < -0.39 is 40.8 Å². The summed E-state index contributed by atoms with van der Waals surface area (Å²) in [5, 5.41) is 7.55. The highest BCUT2D eigenvalue weighted by molar-refractivity contribution is 6.22. The van der Waals surface area contributed by atoms with Crippen LogP contribution in [-0.2, 0) is 17.1 Å². The van der Waals surface area contributed by atoms with Crippen LogP contribution in [0.1, 0.15) is 28.1 Å². The fraction of sp³-hybridized carbons (Fsp3) is 0.222. The Labute approximate surface area is 170 Å². The molecule has 1 aromatic carbocycles. The van der Waals surface area contributed by atoms with E-state index in [9.17, 15) is 31.1 Å². The van der Waals surface area contributed by atoms with E-state index in [1.54, 1.807) is 6.92 Å². The minimum absolute atomic E-state index is 0.00302. The first kappa shape index (κ1) is 22.1. The lowest BCUT2D eigenvalue weighted by Crippen LogP contribution is -2.14. The normalized spacial score (nSPS) is 13.0. The quantitative estimate of drug-likeness (QED) is 0.482. The van der Waals surface area contributed by atoms with Crippen molar-refractivity contribution in [2.45, 2.75) is 26.2 Å². The summed E-state index contributed by atoms with van der Waals surface area (Å²) in [6, 6.07) is 1.01. The Kier molecular flexibility index (Phi) is 5.38. The molecule has 0 unspecified atom stereocenters. The molecule has 164 valence electrons. The van der Waals surface area contributed by atoms with Crippen LogP contribution in [0.25, 0.3) is 23.2 Å². The summed E-state index contributed by atoms with van der Waals surface area (Å²) in [6.07, 6.45) is -7.91. The monoisotopic (exact) mass is 445 g/mol. The molecule has 2 aromatic heterocycles. The van der Waals surface area contributed by atoms with Gasteiger partial charge in [0, 0.05) is 11.8 Å². The van der Waals surface area contributed by atoms with Gasteiger partial charge in [-0.15, -0.1) is 5.10 Å². The van der Waals surface area contributed by atoms with Crippen LogP contribution in [0.15, 0.2) is 29.0 Å². The predicted octanol–water partition coefficient (Wildman–Crippen LogP) is 4.07. The summed E-state index contributed by atoms with van der Waals surface area (Å²) in [5.41, 5.74) is 2.40. The van der Waals surface area contributed by atoms with Gasteiger partial charge in [0.05, 0.1) is 28.0 Å². The molecule has 2 heterocycles. The van der Waals surface area contributed by atoms with Crippen molar-refractivity contribution < 1.29 is 35.7 Å². The molecule has 0 aliphatic rings. The number of primary amides is 1. The smallest absolute Gasteiger partial charge is 0.366 e. The molecule has 3 aromatic rings. The molecule has 0 saturated carbocycles. The Bertz CT molecular complexity index is 1120. The third kappa shape index (κ3) is 4.59. The number of nitrogens with zero attached hydrogens (tertiary/aromatic N) is 4. The van der Waals surface area contributed by atoms with Gasteiger partial charge < -0.3 is 10.3 Å². The van der Waals surface area contributed by atoms with Crippen LogP contribution in [0.4, 0.5) is 26.3 Å². The molecule has 13 heteroatoms. The van der Waals surface area contributed by atoms with Gasteiger partial charge in [0.25, 0.3) is 5.91 Å². The van der Waals surface area contributed by atoms with Crippen molar-refractivity contribution >= 4 is 17.7 Å². The number of alkyl halides is 6. The van der Waals surface area contributed by atoms with E-state index in [0.717, 1.165) is 17.2 Å². The maximum absolute atomic E-state index is 13.1. The molecule has 0 spiro atoms. The van der Waals surface area contributed by atoms with Crippen LogP contribution in [0, 0.1) is 13.8 Å². The fourth-order valence-corrected chi connectivity index (χ4v) is 2.80. The first-order chi connectivity index (χ1) is 14.3. The number of amides is 1. The van der Waals surface area contributed by atoms with Crippen molar-refractivity contribution in [1.82, 2.24) is 19.9 Å². The molecule has 1 amide bonds. The lowest BCUT2D eigenvalue weighted by atomic mass is 10.0. The Morgan fingerprint density at radius 3 is 2.10 bits per heavy atom. The zero-order valence-electron chi connectivity index (χ0n) is 15.8. The van der Waals surface area contributed by atoms with Crippen molar-refractivity contribution in [2.24, 2.45) is 5.73 Å². The standard InChI is InChI=1S/C18H13F6N5O2/c1-8-14(9(2)31-28-8)13(15(25)30)6-29-7-26-16(27-29)10-3-11(17(19,20)21)5-12(4-10)18(22,23)24/h3-7H,1-2H3,(H2,25,30)/b13-6-. The van der Waals surface area contributed by atoms with E-state index >= 15 is 0 Å². The zero-order valence-corrected chi connectivity index (χ0v) is 15.8. The van der Waals surface area contributed by atoms with Crippen molar-refractivity contribution in [3.63, 3.8) is 0 Å². The van der Waals surface area contributed by atoms with E-state index in [1.165, 1.54) is 6.92 Å². The molecule has 0 aliphatic carbocycles. The van der Waals surface area contributed by atoms with Crippen molar-refractivity contribution in [2.75, 3.05) is 0 Å². The summed E-state index contributed by atoms with van der Waals surface area (Å²) < 4.78 is 84.3. The molecule has 0 fully saturated rings. The highest BCUT2D eigenvalue weighted by atomic mass is 19.4. The number of halogens is 6. The molecule has 0 radical (unpaired) electrons. The van der Waals surface area contributed by atoms with Crippen LogP contribution < -0.4 is 5.73 Å². The third-order valence-electron chi connectivity index (χ3n) is 4.18. The van der Waals surface area contributed by atoms with Gasteiger partial charge in [-0.2, -0.15) is 26.3 Å². The number of aryl methyl sites for hydroxylation is 2. The summed E-state index contributed by atoms with van der Waals surface area (Å²) in [5.74, 6) is -1.03. The Morgan fingerprint density at radius 1 is 1.06 bits per heavy atom. The topological polar surface area (TPSA) is 99.8 Å². The fourth-order valence-electron chi connectivity index (χ4n) is 2.80. The SMILES string of the molecule is Cc1noc(C)c1/C(=C/n1cnc(-c2cc(C(F)(F)F)cc(C(F)(F)F)c2)n1)C(N)=O. The van der Waals surface area contributed by atoms with E-state index in [-0.39, 0.29) is 23.0 Å². The van der Waals surface area contributed by atoms with E-state index in [1.807, 2.05) is 0 Å². The summed E-state index contributed by atoms with van der Waals surface area (Å²) in [4.78, 5) is 15.6. The predicted molar refractivity (Wildman–Crippen MR) is 94.8 cm³/mol. The largest absolute Gasteiger partial charge is 0.416 e. The second kappa shape index (κ2) is 7.56. The van der Waals surface area contributed by atoms with Gasteiger partial charge in [0.15, 0.2) is 5.82 Å². The molecule has 3 rings (SSSR count). The second-order valence-electron chi connectivity index (χ2n) is 6.45. The van der Waals surface area contributed by atoms with Gasteiger partial charge in [-0.05, 0) is 32.0 Å². The average Bonchev–Trinajstić information content (AvgIpc) is 3.24. The highest BCUT2D eigenvalue weighted by Crippen LogP contribution is 2.38. The van der Waals surface area contributed by atoms with Gasteiger partial charge in [-0.3, -0.25) is 4.79 Å². The first-order valence-corrected chi connectivity index (χ1v) is 8.43. The van der Waals surface area contributed by atoms with E-state index in [4.69, 9.17) is 10.3 Å². The van der Waals surface area contributed by atoms with Crippen LogP contribution in [0.5, 0.6) is 0 Å². The molecule has 2 N–H and O–H groups in total. The number of carbonyl (C=O) groups is 1. The van der Waals surface area contributed by atoms with Gasteiger partial charge in [0.1, 0.15) is 12.1 Å². The number of aromatic nitrogens is 4. The molecular weight excluding hydrogens is 432 g/mol. The zero-order chi connectivity index (χ0) is 23.1. The third-order valence-corrected chi connectivity index (χ3v) is 4.18. The van der Waals surface area contributed by atoms with Crippen molar-refractivity contribution in [3.05, 3.63) is 52.7 Å². The Hall–Kier alpha value is -3.64. The lowest BCUT2D eigenvalue weighted by Gasteiger charge is -2.13. The van der Waals surface area contributed by atoms with Gasteiger partial charge in [-0.1, -0.05) is 5.16 Å². The first-order valence-electron chi connectivity index (χ1n) is 8.43. The molecular formula is C18H13F6N5O2. The minimum Gasteiger partial charge on any atom is -0.366 e. The number of carbonyl (C=O) groups excluding carboxylic acids is 1. The van der Waals surface area contributed by atoms with Crippen LogP contribution >= 0.6 is 0 Å². The molecule has 0 bridgehead atoms. The van der Waals surface area contributed by atoms with Crippen molar-refractivity contribution in [1.29, 1.82) is 0 Å². The molecule has 0 atom stereocenters. The van der Waals surface area contributed by atoms with Gasteiger partial charge in [0.2, 0.25) is 0 Å². The second-order valence-corrected chi connectivity index (χ2v) is 6.45. The summed E-state index contributed by atoms with van der Waals surface area (Å²) in [7, 11) is 0. The number of hydrogen-bond acceptors (Lipinski definition) is 5. The van der Waals surface area contributed by atoms with Crippen LogP contribution in [0.2, 0.25) is 0 Å². The molecule has 7 nitrogen and oxygen atoms in total. The lowest BCUT2D eigenvalue weighted by molar-refractivity contribution is -0.143. The number of rotatable bonds is 4. The molecule has 31 heavy (non-hydrogen) atoms. The molecule has 0 saturated heterocycles. The van der Waals surface area contributed by atoms with Crippen molar-refractivity contribution in [3.8, 4) is 11.4 Å². The maximum atomic E-state index is 13.1. The Balaban J connectivity index is 2.10. The minimum atomic E-state index is -5.01. The van der Waals surface area contributed by atoms with Gasteiger partial charge in [-0.25, -0.2) is 9.67 Å². The van der Waals surface area contributed by atoms with Crippen LogP contribution in [0.3, 0.4) is 0 Å². The van der Waals surface area contributed by atoms with E-state index in [0.29, 0.717) is 17.8 Å². The molecule has 0 aliphatic heterocycles. The maximum Gasteiger partial charge on any atom is 0.416 e. The average molecular weight is 445 g/mol. The number of benzene rings is 1. The number of nitrogens with two attached hydrogens (primary N) is 1.